The van der Waals surface area contributed by atoms with E-state index in [1.807, 2.05) is 18.2 Å². The van der Waals surface area contributed by atoms with Crippen molar-refractivity contribution in [3.05, 3.63) is 92.6 Å². The van der Waals surface area contributed by atoms with Gasteiger partial charge in [0.2, 0.25) is 0 Å². The molecule has 0 saturated carbocycles. The first-order valence-electron chi connectivity index (χ1n) is 11.6. The highest BCUT2D eigenvalue weighted by molar-refractivity contribution is 7.16. The number of fused-ring (bicyclic) bond motifs is 1. The highest BCUT2D eigenvalue weighted by Crippen LogP contribution is 2.31. The maximum Gasteiger partial charge on any atom is 0.305 e. The third-order valence-corrected chi connectivity index (χ3v) is 6.88. The third kappa shape index (κ3) is 7.95. The van der Waals surface area contributed by atoms with E-state index in [4.69, 9.17) is 4.74 Å². The fraction of sp³-hybridized carbons (Fsp3) is 0.296. The molecule has 3 aromatic carbocycles. The lowest BCUT2D eigenvalue weighted by atomic mass is 10.1. The van der Waals surface area contributed by atoms with Crippen molar-refractivity contribution in [1.82, 2.24) is 15.2 Å². The summed E-state index contributed by atoms with van der Waals surface area (Å²) in [6, 6.07) is 19.8. The van der Waals surface area contributed by atoms with E-state index in [1.165, 1.54) is 17.2 Å². The summed E-state index contributed by atoms with van der Waals surface area (Å²) >= 11 is 0.996. The number of phenols is 1. The van der Waals surface area contributed by atoms with Crippen LogP contribution in [-0.2, 0) is 19.5 Å². The molecule has 4 aromatic rings. The van der Waals surface area contributed by atoms with Gasteiger partial charge in [-0.1, -0.05) is 59.9 Å². The van der Waals surface area contributed by atoms with Crippen molar-refractivity contribution in [2.75, 3.05) is 27.2 Å². The molecule has 1 heterocycles. The lowest BCUT2D eigenvalue weighted by Crippen LogP contribution is -2.24. The van der Waals surface area contributed by atoms with Crippen LogP contribution in [0.4, 0.5) is 0 Å². The quantitative estimate of drug-likeness (QED) is 0.198. The third-order valence-electron chi connectivity index (χ3n) is 5.95. The summed E-state index contributed by atoms with van der Waals surface area (Å²) in [5.74, 6) is 0.913. The number of aromatic nitrogens is 1. The molecule has 200 valence electrons. The van der Waals surface area contributed by atoms with Crippen molar-refractivity contribution < 1.29 is 14.9 Å². The first-order valence-corrected chi connectivity index (χ1v) is 12.4. The van der Waals surface area contributed by atoms with Gasteiger partial charge in [-0.3, -0.25) is 9.69 Å². The summed E-state index contributed by atoms with van der Waals surface area (Å²) in [7, 11) is 3.80. The number of aromatic amines is 1. The van der Waals surface area contributed by atoms with Crippen molar-refractivity contribution in [2.45, 2.75) is 25.6 Å². The average Bonchev–Trinajstić information content (AvgIpc) is 3.24. The van der Waals surface area contributed by atoms with E-state index in [-0.39, 0.29) is 35.4 Å². The lowest BCUT2D eigenvalue weighted by Gasteiger charge is -2.19. The molecular weight excluding hydrogens is 533 g/mol. The molecule has 7 nitrogen and oxygen atoms in total. The van der Waals surface area contributed by atoms with Crippen LogP contribution in [0.1, 0.15) is 28.4 Å². The van der Waals surface area contributed by atoms with E-state index in [0.717, 1.165) is 42.2 Å². The number of ether oxygens (including phenoxy) is 1. The predicted octanol–water partition coefficient (Wildman–Crippen LogP) is 4.65. The maximum absolute atomic E-state index is 11.7. The Bertz CT molecular complexity index is 1340. The molecule has 0 amide bonds. The number of aliphatic hydroxyl groups excluding tert-OH is 1. The number of hydrogen-bond donors (Lipinski definition) is 4. The van der Waals surface area contributed by atoms with Crippen molar-refractivity contribution in [1.29, 1.82) is 0 Å². The van der Waals surface area contributed by atoms with Crippen LogP contribution in [0.5, 0.6) is 11.5 Å². The monoisotopic (exact) mass is 565 g/mol. The predicted molar refractivity (Wildman–Crippen MR) is 155 cm³/mol. The highest BCUT2D eigenvalue weighted by atomic mass is 35.5. The molecule has 0 radical (unpaired) electrons. The van der Waals surface area contributed by atoms with Gasteiger partial charge in [0.25, 0.3) is 0 Å². The molecule has 10 heteroatoms. The summed E-state index contributed by atoms with van der Waals surface area (Å²) in [6.45, 7) is 2.69. The Hall–Kier alpha value is -2.59. The highest BCUT2D eigenvalue weighted by Gasteiger charge is 2.16. The molecular formula is C27H33Cl2N3O4S. The van der Waals surface area contributed by atoms with E-state index >= 15 is 0 Å². The Morgan fingerprint density at radius 2 is 1.81 bits per heavy atom. The van der Waals surface area contributed by atoms with Gasteiger partial charge in [-0.2, -0.15) is 0 Å². The minimum atomic E-state index is -0.778. The fourth-order valence-electron chi connectivity index (χ4n) is 4.26. The number of aliphatic hydroxyl groups is 1. The number of nitrogens with one attached hydrogen (secondary N) is 2. The number of H-pyrrole nitrogens is 1. The smallest absolute Gasteiger partial charge is 0.305 e. The maximum atomic E-state index is 11.7. The Morgan fingerprint density at radius 3 is 2.59 bits per heavy atom. The van der Waals surface area contributed by atoms with E-state index in [9.17, 15) is 15.0 Å². The van der Waals surface area contributed by atoms with Crippen molar-refractivity contribution >= 4 is 46.4 Å². The van der Waals surface area contributed by atoms with Gasteiger partial charge in [-0.25, -0.2) is 0 Å². The van der Waals surface area contributed by atoms with Crippen LogP contribution in [-0.4, -0.2) is 47.3 Å². The number of hydrogen-bond acceptors (Lipinski definition) is 7. The Balaban J connectivity index is 0.00000241. The summed E-state index contributed by atoms with van der Waals surface area (Å²) in [5.41, 5.74) is 4.65. The SMILES string of the molecule is COc1ccccc1CN(C)Cc1cccc(CCNCC(O)c2ccc(O)c3[nH]c(=O)sc23)c1.Cl.Cl. The second-order valence-corrected chi connectivity index (χ2v) is 9.65. The molecule has 1 unspecified atom stereocenters. The Kier molecular flexibility index (Phi) is 11.9. The molecule has 1 atom stereocenters. The normalized spacial score (nSPS) is 11.7. The molecule has 0 aliphatic heterocycles. The minimum Gasteiger partial charge on any atom is -0.506 e. The summed E-state index contributed by atoms with van der Waals surface area (Å²) in [4.78, 5) is 16.3. The Morgan fingerprint density at radius 1 is 1.05 bits per heavy atom. The molecule has 0 bridgehead atoms. The molecule has 4 rings (SSSR count). The van der Waals surface area contributed by atoms with Crippen molar-refractivity contribution in [3.63, 3.8) is 0 Å². The van der Waals surface area contributed by atoms with E-state index in [0.29, 0.717) is 28.9 Å². The zero-order valence-corrected chi connectivity index (χ0v) is 23.2. The Labute approximate surface area is 232 Å². The van der Waals surface area contributed by atoms with Crippen molar-refractivity contribution in [2.24, 2.45) is 0 Å². The number of halogens is 2. The van der Waals surface area contributed by atoms with Crippen LogP contribution in [0.3, 0.4) is 0 Å². The fourth-order valence-corrected chi connectivity index (χ4v) is 5.18. The number of aromatic hydroxyl groups is 1. The van der Waals surface area contributed by atoms with Gasteiger partial charge in [0.1, 0.15) is 17.0 Å². The first-order chi connectivity index (χ1) is 16.9. The zero-order chi connectivity index (χ0) is 24.8. The molecule has 0 spiro atoms. The van der Waals surface area contributed by atoms with Crippen LogP contribution < -0.4 is 14.9 Å². The van der Waals surface area contributed by atoms with Crippen LogP contribution >= 0.6 is 36.2 Å². The van der Waals surface area contributed by atoms with Crippen LogP contribution in [0.2, 0.25) is 0 Å². The second kappa shape index (κ2) is 14.4. The number of para-hydroxylation sites is 1. The van der Waals surface area contributed by atoms with E-state index < -0.39 is 6.10 Å². The van der Waals surface area contributed by atoms with Crippen LogP contribution in [0, 0.1) is 0 Å². The number of thiazole rings is 1. The minimum absolute atomic E-state index is 0. The summed E-state index contributed by atoms with van der Waals surface area (Å²) in [5, 5.41) is 23.9. The van der Waals surface area contributed by atoms with Gasteiger partial charge in [-0.15, -0.1) is 24.8 Å². The topological polar surface area (TPSA) is 97.8 Å². The number of phenolic OH excluding ortho intramolecular Hbond substituents is 1. The zero-order valence-electron chi connectivity index (χ0n) is 20.8. The second-order valence-electron chi connectivity index (χ2n) is 8.67. The molecule has 0 saturated heterocycles. The van der Waals surface area contributed by atoms with Crippen LogP contribution in [0.25, 0.3) is 10.2 Å². The molecule has 0 aliphatic rings. The number of rotatable bonds is 11. The standard InChI is InChI=1S/C27H31N3O4S.2ClH/c1-30(17-20-8-3-4-9-24(20)34-2)16-19-7-5-6-18(14-19)12-13-28-15-23(32)21-10-11-22(31)25-26(21)35-27(33)29-25;;/h3-11,14,23,28,31-32H,12-13,15-17H2,1-2H3,(H,29,33);2*1H. The number of methoxy groups -OCH3 is 1. The lowest BCUT2D eigenvalue weighted by molar-refractivity contribution is 0.176. The van der Waals surface area contributed by atoms with Gasteiger partial charge in [0.15, 0.2) is 0 Å². The largest absolute Gasteiger partial charge is 0.506 e. The van der Waals surface area contributed by atoms with Gasteiger partial charge in [0.05, 0.1) is 17.9 Å². The molecule has 0 fully saturated rings. The summed E-state index contributed by atoms with van der Waals surface area (Å²) < 4.78 is 6.06. The van der Waals surface area contributed by atoms with Crippen molar-refractivity contribution in [3.8, 4) is 11.5 Å². The first kappa shape index (κ1) is 30.6. The van der Waals surface area contributed by atoms with Gasteiger partial charge in [-0.05, 0) is 43.3 Å². The van der Waals surface area contributed by atoms with Gasteiger partial charge < -0.3 is 25.3 Å². The van der Waals surface area contributed by atoms with E-state index in [1.54, 1.807) is 13.2 Å². The molecule has 0 aliphatic carbocycles. The van der Waals surface area contributed by atoms with E-state index in [2.05, 4.69) is 52.6 Å². The van der Waals surface area contributed by atoms with Gasteiger partial charge in [0, 0.05) is 30.8 Å². The summed E-state index contributed by atoms with van der Waals surface area (Å²) in [6.07, 6.45) is 0.0544. The molecule has 4 N–H and O–H groups in total. The molecule has 1 aromatic heterocycles. The average molecular weight is 567 g/mol. The number of nitrogens with zero attached hydrogens (tertiary/aromatic N) is 1. The molecule has 37 heavy (non-hydrogen) atoms. The van der Waals surface area contributed by atoms with Gasteiger partial charge >= 0.3 is 4.87 Å². The number of benzene rings is 3. The van der Waals surface area contributed by atoms with Crippen LogP contribution in [0.15, 0.2) is 65.5 Å².